The molecule has 0 fully saturated rings. The van der Waals surface area contributed by atoms with Crippen LogP contribution < -0.4 is 9.47 Å². The van der Waals surface area contributed by atoms with Crippen LogP contribution in [0.3, 0.4) is 0 Å². The summed E-state index contributed by atoms with van der Waals surface area (Å²) in [6.07, 6.45) is 1.92. The summed E-state index contributed by atoms with van der Waals surface area (Å²) in [7, 11) is 0. The van der Waals surface area contributed by atoms with Gasteiger partial charge in [-0.25, -0.2) is 4.98 Å². The van der Waals surface area contributed by atoms with Crippen LogP contribution in [0.4, 0.5) is 5.69 Å². The van der Waals surface area contributed by atoms with E-state index in [2.05, 4.69) is 9.97 Å². The van der Waals surface area contributed by atoms with Gasteiger partial charge in [0.25, 0.3) is 0 Å². The third-order valence-electron chi connectivity index (χ3n) is 2.44. The van der Waals surface area contributed by atoms with E-state index in [0.717, 1.165) is 12.7 Å². The second kappa shape index (κ2) is 6.85. The van der Waals surface area contributed by atoms with Gasteiger partial charge < -0.3 is 9.47 Å². The summed E-state index contributed by atoms with van der Waals surface area (Å²) in [6, 6.07) is 6.84. The largest absolute Gasteiger partial charge is 0.490 e. The van der Waals surface area contributed by atoms with Gasteiger partial charge in [-0.3, -0.25) is 10.1 Å². The molecule has 2 rings (SSSR count). The summed E-state index contributed by atoms with van der Waals surface area (Å²) in [5, 5.41) is 10.7. The first-order valence-electron chi connectivity index (χ1n) is 6.18. The molecule has 0 N–H and O–H groups in total. The molecule has 1 aromatic carbocycles. The lowest BCUT2D eigenvalue weighted by Crippen LogP contribution is -2.01. The van der Waals surface area contributed by atoms with Crippen molar-refractivity contribution in [2.75, 3.05) is 6.61 Å². The number of hydrogen-bond donors (Lipinski definition) is 0. The van der Waals surface area contributed by atoms with E-state index in [4.69, 9.17) is 21.1 Å². The molecule has 0 saturated heterocycles. The number of rotatable bonds is 6. The SMILES string of the molecule is CCCOc1ccccc1Oc1ncnc(Cl)c1[N+](=O)[O-]. The van der Waals surface area contributed by atoms with E-state index in [0.29, 0.717) is 18.1 Å². The second-order valence-corrected chi connectivity index (χ2v) is 4.33. The van der Waals surface area contributed by atoms with Crippen molar-refractivity contribution in [3.8, 4) is 17.4 Å². The number of halogens is 1. The Morgan fingerprint density at radius 1 is 1.29 bits per heavy atom. The summed E-state index contributed by atoms with van der Waals surface area (Å²) >= 11 is 5.71. The molecular formula is C13H12ClN3O4. The number of para-hydroxylation sites is 2. The van der Waals surface area contributed by atoms with Gasteiger partial charge in [-0.1, -0.05) is 30.7 Å². The number of nitro groups is 1. The van der Waals surface area contributed by atoms with Crippen molar-refractivity contribution in [2.45, 2.75) is 13.3 Å². The molecule has 0 aliphatic rings. The van der Waals surface area contributed by atoms with Crippen molar-refractivity contribution >= 4 is 17.3 Å². The Hall–Kier alpha value is -2.41. The minimum absolute atomic E-state index is 0.229. The van der Waals surface area contributed by atoms with E-state index in [9.17, 15) is 10.1 Å². The first-order valence-corrected chi connectivity index (χ1v) is 6.55. The Bertz CT molecular complexity index is 651. The average Bonchev–Trinajstić information content (AvgIpc) is 2.46. The zero-order valence-electron chi connectivity index (χ0n) is 11.2. The third kappa shape index (κ3) is 3.57. The minimum atomic E-state index is -0.687. The Labute approximate surface area is 125 Å². The van der Waals surface area contributed by atoms with Gasteiger partial charge in [-0.05, 0) is 18.6 Å². The number of ether oxygens (including phenoxy) is 2. The topological polar surface area (TPSA) is 87.4 Å². The first kappa shape index (κ1) is 15.0. The van der Waals surface area contributed by atoms with Crippen molar-refractivity contribution < 1.29 is 14.4 Å². The molecular weight excluding hydrogens is 298 g/mol. The predicted octanol–water partition coefficient (Wildman–Crippen LogP) is 3.62. The molecule has 0 saturated carbocycles. The van der Waals surface area contributed by atoms with Gasteiger partial charge in [0, 0.05) is 0 Å². The fraction of sp³-hybridized carbons (Fsp3) is 0.231. The highest BCUT2D eigenvalue weighted by atomic mass is 35.5. The Morgan fingerprint density at radius 2 is 2.00 bits per heavy atom. The molecule has 0 spiro atoms. The maximum Gasteiger partial charge on any atom is 0.368 e. The molecule has 8 heteroatoms. The second-order valence-electron chi connectivity index (χ2n) is 3.97. The van der Waals surface area contributed by atoms with E-state index in [1.165, 1.54) is 0 Å². The standard InChI is InChI=1S/C13H12ClN3O4/c1-2-7-20-9-5-3-4-6-10(9)21-13-11(17(18)19)12(14)15-8-16-13/h3-6,8H,2,7H2,1H3. The van der Waals surface area contributed by atoms with Crippen molar-refractivity contribution in [2.24, 2.45) is 0 Å². The highest BCUT2D eigenvalue weighted by Crippen LogP contribution is 2.37. The van der Waals surface area contributed by atoms with Crippen LogP contribution in [0, 0.1) is 10.1 Å². The van der Waals surface area contributed by atoms with Gasteiger partial charge in [0.15, 0.2) is 11.5 Å². The quantitative estimate of drug-likeness (QED) is 0.460. The van der Waals surface area contributed by atoms with Crippen molar-refractivity contribution in [1.82, 2.24) is 9.97 Å². The Kier molecular flexibility index (Phi) is 4.89. The number of benzene rings is 1. The van der Waals surface area contributed by atoms with Crippen LogP contribution in [0.1, 0.15) is 13.3 Å². The molecule has 0 atom stereocenters. The molecule has 0 unspecified atom stereocenters. The van der Waals surface area contributed by atoms with E-state index in [1.54, 1.807) is 24.3 Å². The molecule has 1 heterocycles. The highest BCUT2D eigenvalue weighted by Gasteiger charge is 2.24. The van der Waals surface area contributed by atoms with Crippen LogP contribution in [-0.4, -0.2) is 21.5 Å². The molecule has 110 valence electrons. The summed E-state index contributed by atoms with van der Waals surface area (Å²) in [5.41, 5.74) is -0.482. The smallest absolute Gasteiger partial charge is 0.368 e. The van der Waals surface area contributed by atoms with Gasteiger partial charge in [-0.2, -0.15) is 4.98 Å². The van der Waals surface area contributed by atoms with E-state index in [1.807, 2.05) is 6.92 Å². The van der Waals surface area contributed by atoms with Crippen LogP contribution in [0.5, 0.6) is 17.4 Å². The molecule has 7 nitrogen and oxygen atoms in total. The van der Waals surface area contributed by atoms with E-state index < -0.39 is 10.6 Å². The fourth-order valence-electron chi connectivity index (χ4n) is 1.54. The molecule has 0 aliphatic heterocycles. The molecule has 21 heavy (non-hydrogen) atoms. The third-order valence-corrected chi connectivity index (χ3v) is 2.72. The minimum Gasteiger partial charge on any atom is -0.490 e. The Balaban J connectivity index is 2.35. The zero-order valence-corrected chi connectivity index (χ0v) is 11.9. The van der Waals surface area contributed by atoms with Crippen LogP contribution in [0.15, 0.2) is 30.6 Å². The lowest BCUT2D eigenvalue weighted by Gasteiger charge is -2.11. The van der Waals surface area contributed by atoms with Crippen molar-refractivity contribution in [3.63, 3.8) is 0 Å². The van der Waals surface area contributed by atoms with E-state index in [-0.39, 0.29) is 11.0 Å². The first-order chi connectivity index (χ1) is 10.1. The molecule has 0 aliphatic carbocycles. The molecule has 1 aromatic heterocycles. The normalized spacial score (nSPS) is 10.2. The summed E-state index contributed by atoms with van der Waals surface area (Å²) in [5.74, 6) is 0.569. The van der Waals surface area contributed by atoms with Crippen LogP contribution in [-0.2, 0) is 0 Å². The fourth-order valence-corrected chi connectivity index (χ4v) is 1.73. The summed E-state index contributed by atoms with van der Waals surface area (Å²) in [6.45, 7) is 2.48. The number of hydrogen-bond acceptors (Lipinski definition) is 6. The van der Waals surface area contributed by atoms with Gasteiger partial charge in [0.1, 0.15) is 6.33 Å². The maximum atomic E-state index is 11.0. The lowest BCUT2D eigenvalue weighted by molar-refractivity contribution is -0.386. The summed E-state index contributed by atoms with van der Waals surface area (Å²) in [4.78, 5) is 17.7. The number of nitrogens with zero attached hydrogens (tertiary/aromatic N) is 3. The molecule has 0 bridgehead atoms. The average molecular weight is 310 g/mol. The number of aromatic nitrogens is 2. The summed E-state index contributed by atoms with van der Waals surface area (Å²) < 4.78 is 11.0. The van der Waals surface area contributed by atoms with Crippen LogP contribution in [0.2, 0.25) is 5.15 Å². The lowest BCUT2D eigenvalue weighted by atomic mass is 10.3. The Morgan fingerprint density at radius 3 is 2.67 bits per heavy atom. The van der Waals surface area contributed by atoms with Crippen LogP contribution in [0.25, 0.3) is 0 Å². The van der Waals surface area contributed by atoms with Crippen molar-refractivity contribution in [3.05, 3.63) is 45.9 Å². The van der Waals surface area contributed by atoms with Gasteiger partial charge in [0.05, 0.1) is 11.5 Å². The monoisotopic (exact) mass is 309 g/mol. The zero-order chi connectivity index (χ0) is 15.2. The van der Waals surface area contributed by atoms with E-state index >= 15 is 0 Å². The van der Waals surface area contributed by atoms with Gasteiger partial charge >= 0.3 is 11.6 Å². The molecule has 2 aromatic rings. The molecule has 0 radical (unpaired) electrons. The van der Waals surface area contributed by atoms with Crippen molar-refractivity contribution in [1.29, 1.82) is 0 Å². The van der Waals surface area contributed by atoms with Gasteiger partial charge in [0.2, 0.25) is 5.15 Å². The highest BCUT2D eigenvalue weighted by molar-refractivity contribution is 6.31. The van der Waals surface area contributed by atoms with Gasteiger partial charge in [-0.15, -0.1) is 0 Å². The maximum absolute atomic E-state index is 11.0. The van der Waals surface area contributed by atoms with Crippen LogP contribution >= 0.6 is 11.6 Å². The predicted molar refractivity (Wildman–Crippen MR) is 76.0 cm³/mol. The molecule has 0 amide bonds.